The molecule has 2 atom stereocenters. The van der Waals surface area contributed by atoms with Crippen molar-refractivity contribution in [3.63, 3.8) is 0 Å². The first-order valence-electron chi connectivity index (χ1n) is 7.60. The van der Waals surface area contributed by atoms with Gasteiger partial charge in [0.05, 0.1) is 0 Å². The van der Waals surface area contributed by atoms with Gasteiger partial charge in [0.2, 0.25) is 0 Å². The zero-order valence-corrected chi connectivity index (χ0v) is 12.3. The van der Waals surface area contributed by atoms with Crippen molar-refractivity contribution in [2.24, 2.45) is 0 Å². The Morgan fingerprint density at radius 1 is 0.850 bits per heavy atom. The number of benzene rings is 2. The van der Waals surface area contributed by atoms with Gasteiger partial charge >= 0.3 is 0 Å². The molecule has 0 heterocycles. The predicted molar refractivity (Wildman–Crippen MR) is 87.1 cm³/mol. The molecule has 0 fully saturated rings. The van der Waals surface area contributed by atoms with Crippen molar-refractivity contribution in [1.29, 1.82) is 0 Å². The van der Waals surface area contributed by atoms with Gasteiger partial charge in [0, 0.05) is 0 Å². The first kappa shape index (κ1) is 13.2. The van der Waals surface area contributed by atoms with Crippen LogP contribution in [0.5, 0.6) is 0 Å². The summed E-state index contributed by atoms with van der Waals surface area (Å²) in [4.78, 5) is 0. The van der Waals surface area contributed by atoms with Crippen LogP contribution < -0.4 is 0 Å². The smallest absolute Gasteiger partial charge is 0.000118 e. The number of hydrogen-bond acceptors (Lipinski definition) is 0. The number of rotatable bonds is 0. The molecule has 0 aliphatic heterocycles. The molecule has 4 rings (SSSR count). The molecule has 2 aliphatic carbocycles. The molecule has 2 aromatic carbocycles. The summed E-state index contributed by atoms with van der Waals surface area (Å²) in [6, 6.07) is 17.3. The molecular formula is C20H22. The lowest BCUT2D eigenvalue weighted by Crippen LogP contribution is -1.84. The van der Waals surface area contributed by atoms with Gasteiger partial charge in [-0.05, 0) is 46.9 Å². The minimum absolute atomic E-state index is 0.621. The van der Waals surface area contributed by atoms with Crippen molar-refractivity contribution in [3.05, 3.63) is 76.9 Å². The van der Waals surface area contributed by atoms with Gasteiger partial charge in [-0.3, -0.25) is 0 Å². The van der Waals surface area contributed by atoms with Gasteiger partial charge in [0.1, 0.15) is 0 Å². The summed E-state index contributed by atoms with van der Waals surface area (Å²) in [7, 11) is 0. The second kappa shape index (κ2) is 5.66. The molecule has 0 saturated carbocycles. The standard InChI is InChI=1S/C10H12.C10H10/c2*1-8-6-7-9-4-2-3-5-10(8)9/h2-5,8H,6-7H2,1H3;2-8H,1H3. The van der Waals surface area contributed by atoms with Gasteiger partial charge < -0.3 is 0 Å². The Morgan fingerprint density at radius 3 is 2.30 bits per heavy atom. The Balaban J connectivity index is 0.000000121. The molecule has 2 aromatic rings. The van der Waals surface area contributed by atoms with Crippen LogP contribution in [0.1, 0.15) is 54.4 Å². The molecule has 102 valence electrons. The summed E-state index contributed by atoms with van der Waals surface area (Å²) >= 11 is 0. The van der Waals surface area contributed by atoms with Gasteiger partial charge in [-0.2, -0.15) is 0 Å². The molecule has 2 unspecified atom stereocenters. The summed E-state index contributed by atoms with van der Waals surface area (Å²) in [5, 5.41) is 0. The highest BCUT2D eigenvalue weighted by atomic mass is 14.2. The van der Waals surface area contributed by atoms with Gasteiger partial charge in [0.25, 0.3) is 0 Å². The van der Waals surface area contributed by atoms with Crippen LogP contribution in [-0.2, 0) is 6.42 Å². The maximum Gasteiger partial charge on any atom is -0.000118 e. The van der Waals surface area contributed by atoms with Crippen molar-refractivity contribution in [3.8, 4) is 0 Å². The number of aryl methyl sites for hydroxylation is 1. The quantitative estimate of drug-likeness (QED) is 0.583. The van der Waals surface area contributed by atoms with E-state index in [4.69, 9.17) is 0 Å². The van der Waals surface area contributed by atoms with E-state index in [1.807, 2.05) is 0 Å². The zero-order valence-electron chi connectivity index (χ0n) is 12.3. The molecule has 0 aromatic heterocycles. The number of hydrogen-bond donors (Lipinski definition) is 0. The highest BCUT2D eigenvalue weighted by molar-refractivity contribution is 5.61. The van der Waals surface area contributed by atoms with Crippen LogP contribution in [0.3, 0.4) is 0 Å². The lowest BCUT2D eigenvalue weighted by Gasteiger charge is -2.01. The fourth-order valence-corrected chi connectivity index (χ4v) is 3.20. The maximum atomic E-state index is 2.31. The molecule has 0 bridgehead atoms. The molecule has 0 nitrogen and oxygen atoms in total. The fourth-order valence-electron chi connectivity index (χ4n) is 3.20. The SMILES string of the molecule is CC1C=Cc2ccccc21.CC1CCc2ccccc21. The highest BCUT2D eigenvalue weighted by Crippen LogP contribution is 2.31. The highest BCUT2D eigenvalue weighted by Gasteiger charge is 2.16. The van der Waals surface area contributed by atoms with Crippen LogP contribution in [0, 0.1) is 0 Å². The number of allylic oxidation sites excluding steroid dienone is 1. The Kier molecular flexibility index (Phi) is 3.73. The van der Waals surface area contributed by atoms with E-state index in [1.165, 1.54) is 24.0 Å². The average Bonchev–Trinajstić information content (AvgIpc) is 3.05. The average molecular weight is 262 g/mol. The van der Waals surface area contributed by atoms with Crippen LogP contribution in [0.2, 0.25) is 0 Å². The van der Waals surface area contributed by atoms with E-state index in [1.54, 1.807) is 11.1 Å². The minimum Gasteiger partial charge on any atom is -0.0767 e. The Labute approximate surface area is 122 Å². The van der Waals surface area contributed by atoms with Crippen LogP contribution in [0.15, 0.2) is 54.6 Å². The second-order valence-corrected chi connectivity index (χ2v) is 5.92. The number of fused-ring (bicyclic) bond motifs is 2. The molecular weight excluding hydrogens is 240 g/mol. The lowest BCUT2D eigenvalue weighted by molar-refractivity contribution is 0.747. The zero-order chi connectivity index (χ0) is 13.9. The lowest BCUT2D eigenvalue weighted by atomic mass is 10.0. The monoisotopic (exact) mass is 262 g/mol. The molecule has 0 spiro atoms. The van der Waals surface area contributed by atoms with E-state index < -0.39 is 0 Å². The second-order valence-electron chi connectivity index (χ2n) is 5.92. The van der Waals surface area contributed by atoms with Crippen molar-refractivity contribution in [2.75, 3.05) is 0 Å². The predicted octanol–water partition coefficient (Wildman–Crippen LogP) is 5.55. The van der Waals surface area contributed by atoms with Crippen molar-refractivity contribution in [1.82, 2.24) is 0 Å². The normalized spacial score (nSPS) is 21.9. The summed E-state index contributed by atoms with van der Waals surface area (Å²) in [6.07, 6.45) is 7.07. The van der Waals surface area contributed by atoms with Crippen molar-refractivity contribution >= 4 is 6.08 Å². The van der Waals surface area contributed by atoms with Crippen LogP contribution in [0.4, 0.5) is 0 Å². The van der Waals surface area contributed by atoms with Crippen LogP contribution >= 0.6 is 0 Å². The molecule has 0 heteroatoms. The van der Waals surface area contributed by atoms with E-state index in [0.717, 1.165) is 5.92 Å². The van der Waals surface area contributed by atoms with E-state index in [0.29, 0.717) is 5.92 Å². The first-order chi connectivity index (χ1) is 9.75. The van der Waals surface area contributed by atoms with E-state index in [-0.39, 0.29) is 0 Å². The Bertz CT molecular complexity index is 615. The van der Waals surface area contributed by atoms with E-state index in [2.05, 4.69) is 74.5 Å². The van der Waals surface area contributed by atoms with Gasteiger partial charge in [0.15, 0.2) is 0 Å². The molecule has 20 heavy (non-hydrogen) atoms. The Hall–Kier alpha value is -1.82. The third-order valence-corrected chi connectivity index (χ3v) is 4.48. The first-order valence-corrected chi connectivity index (χ1v) is 7.60. The third kappa shape index (κ3) is 2.56. The van der Waals surface area contributed by atoms with Gasteiger partial charge in [-0.25, -0.2) is 0 Å². The van der Waals surface area contributed by atoms with E-state index in [9.17, 15) is 0 Å². The molecule has 2 aliphatic rings. The Morgan fingerprint density at radius 2 is 1.55 bits per heavy atom. The third-order valence-electron chi connectivity index (χ3n) is 4.48. The molecule has 0 amide bonds. The molecule has 0 saturated heterocycles. The molecule has 0 N–H and O–H groups in total. The maximum absolute atomic E-state index is 2.31. The molecule has 0 radical (unpaired) electrons. The summed E-state index contributed by atoms with van der Waals surface area (Å²) < 4.78 is 0. The van der Waals surface area contributed by atoms with Crippen LogP contribution in [-0.4, -0.2) is 0 Å². The summed E-state index contributed by atoms with van der Waals surface area (Å²) in [5.41, 5.74) is 5.98. The van der Waals surface area contributed by atoms with Crippen molar-refractivity contribution in [2.45, 2.75) is 38.5 Å². The van der Waals surface area contributed by atoms with Gasteiger partial charge in [-0.15, -0.1) is 0 Å². The fraction of sp³-hybridized carbons (Fsp3) is 0.300. The largest absolute Gasteiger partial charge is 0.0767 e. The van der Waals surface area contributed by atoms with E-state index >= 15 is 0 Å². The summed E-state index contributed by atoms with van der Waals surface area (Å²) in [6.45, 7) is 4.54. The van der Waals surface area contributed by atoms with Crippen molar-refractivity contribution < 1.29 is 0 Å². The van der Waals surface area contributed by atoms with Crippen LogP contribution in [0.25, 0.3) is 6.08 Å². The van der Waals surface area contributed by atoms with Gasteiger partial charge in [-0.1, -0.05) is 74.5 Å². The minimum atomic E-state index is 0.621. The topological polar surface area (TPSA) is 0 Å². The summed E-state index contributed by atoms with van der Waals surface area (Å²) in [5.74, 6) is 1.42.